The molecule has 4 rings (SSSR count). The molecule has 0 aromatic heterocycles. The number of carbonyl (C=O) groups excluding carboxylic acids is 2. The van der Waals surface area contributed by atoms with Crippen molar-refractivity contribution in [3.05, 3.63) is 76.9 Å². The number of hydrogen-bond acceptors (Lipinski definition) is 4. The summed E-state index contributed by atoms with van der Waals surface area (Å²) < 4.78 is 32.9. The summed E-state index contributed by atoms with van der Waals surface area (Å²) >= 11 is 0. The van der Waals surface area contributed by atoms with E-state index in [-0.39, 0.29) is 36.0 Å². The molecule has 0 bridgehead atoms. The fraction of sp³-hybridized carbons (Fsp3) is 0.429. The smallest absolute Gasteiger partial charge is 0.305 e. The zero-order valence-corrected chi connectivity index (χ0v) is 20.1. The number of fused-ring (bicyclic) bond motifs is 1. The normalized spacial score (nSPS) is 18.4. The number of ether oxygens (including phenoxy) is 1. The van der Waals surface area contributed by atoms with Crippen LogP contribution in [0.1, 0.15) is 56.1 Å². The third kappa shape index (κ3) is 6.34. The second-order valence-electron chi connectivity index (χ2n) is 9.17. The number of benzene rings is 2. The fourth-order valence-corrected chi connectivity index (χ4v) is 4.87. The highest BCUT2D eigenvalue weighted by molar-refractivity contribution is 5.96. The molecule has 5 nitrogen and oxygen atoms in total. The number of anilines is 1. The molecule has 2 aromatic carbocycles. The predicted octanol–water partition coefficient (Wildman–Crippen LogP) is 5.20. The van der Waals surface area contributed by atoms with E-state index in [0.717, 1.165) is 43.4 Å². The standard InChI is InChI=1S/C28H32F2N2O3/c1-2-28(34)35-17-13-20-11-15-31(16-12-20)19-27(33)32-14-3-4-24(21-5-7-22(29)8-6-21)25-10-9-23(30)18-26(25)32/h5-11,18,24H,2-4,12-17,19H2,1H3. The molecule has 1 amide bonds. The van der Waals surface area contributed by atoms with Gasteiger partial charge in [0.25, 0.3) is 0 Å². The van der Waals surface area contributed by atoms with E-state index in [1.807, 2.05) is 0 Å². The molecular weight excluding hydrogens is 450 g/mol. The summed E-state index contributed by atoms with van der Waals surface area (Å²) in [5, 5.41) is 0. The summed E-state index contributed by atoms with van der Waals surface area (Å²) in [5.41, 5.74) is 3.70. The van der Waals surface area contributed by atoms with Gasteiger partial charge in [-0.05, 0) is 54.7 Å². The predicted molar refractivity (Wildman–Crippen MR) is 131 cm³/mol. The van der Waals surface area contributed by atoms with Gasteiger partial charge in [-0.1, -0.05) is 36.8 Å². The number of rotatable bonds is 7. The zero-order valence-electron chi connectivity index (χ0n) is 20.1. The summed E-state index contributed by atoms with van der Waals surface area (Å²) in [6.45, 7) is 4.35. The maximum atomic E-state index is 14.3. The van der Waals surface area contributed by atoms with Gasteiger partial charge in [-0.15, -0.1) is 0 Å². The molecule has 1 unspecified atom stereocenters. The lowest BCUT2D eigenvalue weighted by atomic mass is 9.87. The lowest BCUT2D eigenvalue weighted by Gasteiger charge is -2.30. The third-order valence-corrected chi connectivity index (χ3v) is 6.83. The van der Waals surface area contributed by atoms with Gasteiger partial charge in [-0.25, -0.2) is 8.78 Å². The molecule has 2 aromatic rings. The number of amides is 1. The van der Waals surface area contributed by atoms with Crippen LogP contribution in [-0.2, 0) is 14.3 Å². The third-order valence-electron chi connectivity index (χ3n) is 6.83. The molecule has 2 heterocycles. The Hall–Kier alpha value is -3.06. The van der Waals surface area contributed by atoms with Gasteiger partial charge in [-0.3, -0.25) is 14.5 Å². The van der Waals surface area contributed by atoms with Crippen LogP contribution in [0.15, 0.2) is 54.1 Å². The topological polar surface area (TPSA) is 49.9 Å². The van der Waals surface area contributed by atoms with E-state index in [0.29, 0.717) is 31.8 Å². The minimum absolute atomic E-state index is 0.0220. The molecule has 0 saturated carbocycles. The first-order valence-electron chi connectivity index (χ1n) is 12.4. The van der Waals surface area contributed by atoms with E-state index in [4.69, 9.17) is 4.74 Å². The van der Waals surface area contributed by atoms with Gasteiger partial charge in [0, 0.05) is 38.4 Å². The zero-order chi connectivity index (χ0) is 24.8. The van der Waals surface area contributed by atoms with Gasteiger partial charge in [0.2, 0.25) is 5.91 Å². The minimum atomic E-state index is -0.379. The van der Waals surface area contributed by atoms with Crippen molar-refractivity contribution in [3.8, 4) is 0 Å². The van der Waals surface area contributed by atoms with Crippen LogP contribution < -0.4 is 4.90 Å². The molecule has 0 fully saturated rings. The van der Waals surface area contributed by atoms with Crippen molar-refractivity contribution in [2.75, 3.05) is 37.7 Å². The van der Waals surface area contributed by atoms with Crippen molar-refractivity contribution in [1.82, 2.24) is 4.90 Å². The molecule has 35 heavy (non-hydrogen) atoms. The molecule has 0 N–H and O–H groups in total. The molecule has 1 atom stereocenters. The molecule has 2 aliphatic heterocycles. The van der Waals surface area contributed by atoms with Crippen molar-refractivity contribution in [3.63, 3.8) is 0 Å². The van der Waals surface area contributed by atoms with Gasteiger partial charge in [-0.2, -0.15) is 0 Å². The van der Waals surface area contributed by atoms with Crippen LogP contribution in [-0.4, -0.2) is 49.6 Å². The molecule has 186 valence electrons. The fourth-order valence-electron chi connectivity index (χ4n) is 4.87. The van der Waals surface area contributed by atoms with Gasteiger partial charge in [0.15, 0.2) is 0 Å². The van der Waals surface area contributed by atoms with Crippen LogP contribution in [0.5, 0.6) is 0 Å². The van der Waals surface area contributed by atoms with Crippen LogP contribution in [0.25, 0.3) is 0 Å². The number of esters is 1. The molecule has 0 aliphatic carbocycles. The highest BCUT2D eigenvalue weighted by Crippen LogP contribution is 2.39. The number of hydrogen-bond donors (Lipinski definition) is 0. The average molecular weight is 483 g/mol. The van der Waals surface area contributed by atoms with Crippen molar-refractivity contribution in [2.45, 2.75) is 44.9 Å². The van der Waals surface area contributed by atoms with E-state index >= 15 is 0 Å². The Labute approximate surface area is 205 Å². The number of nitrogens with zero attached hydrogens (tertiary/aromatic N) is 2. The van der Waals surface area contributed by atoms with Crippen LogP contribution in [0.2, 0.25) is 0 Å². The van der Waals surface area contributed by atoms with Gasteiger partial charge in [0.1, 0.15) is 11.6 Å². The summed E-state index contributed by atoms with van der Waals surface area (Å²) in [7, 11) is 0. The molecule has 0 saturated heterocycles. The molecule has 0 spiro atoms. The largest absolute Gasteiger partial charge is 0.465 e. The first-order chi connectivity index (χ1) is 16.9. The molecule has 7 heteroatoms. The minimum Gasteiger partial charge on any atom is -0.465 e. The van der Waals surface area contributed by atoms with Crippen molar-refractivity contribution in [1.29, 1.82) is 0 Å². The quantitative estimate of drug-likeness (QED) is 0.402. The summed E-state index contributed by atoms with van der Waals surface area (Å²) in [5.74, 6) is -0.934. The van der Waals surface area contributed by atoms with E-state index in [1.54, 1.807) is 30.0 Å². The van der Waals surface area contributed by atoms with E-state index in [1.165, 1.54) is 29.8 Å². The summed E-state index contributed by atoms with van der Waals surface area (Å²) in [6, 6.07) is 11.1. The van der Waals surface area contributed by atoms with E-state index < -0.39 is 0 Å². The van der Waals surface area contributed by atoms with Crippen LogP contribution >= 0.6 is 0 Å². The monoisotopic (exact) mass is 482 g/mol. The Morgan fingerprint density at radius 2 is 1.83 bits per heavy atom. The number of carbonyl (C=O) groups is 2. The van der Waals surface area contributed by atoms with Crippen molar-refractivity contribution < 1.29 is 23.1 Å². The Kier molecular flexibility index (Phi) is 8.29. The summed E-state index contributed by atoms with van der Waals surface area (Å²) in [4.78, 5) is 28.5. The van der Waals surface area contributed by atoms with Crippen LogP contribution in [0, 0.1) is 11.6 Å². The summed E-state index contributed by atoms with van der Waals surface area (Å²) in [6.07, 6.45) is 5.60. The molecule has 0 radical (unpaired) electrons. The average Bonchev–Trinajstić information content (AvgIpc) is 3.05. The highest BCUT2D eigenvalue weighted by Gasteiger charge is 2.29. The van der Waals surface area contributed by atoms with Gasteiger partial charge in [0.05, 0.1) is 18.8 Å². The highest BCUT2D eigenvalue weighted by atomic mass is 19.1. The SMILES string of the molecule is CCC(=O)OCCC1=CCN(CC(=O)N2CCCC(c3ccc(F)cc3)c3ccc(F)cc32)CC1. The molecule has 2 aliphatic rings. The Morgan fingerprint density at radius 1 is 1.06 bits per heavy atom. The van der Waals surface area contributed by atoms with Crippen molar-refractivity contribution in [2.24, 2.45) is 0 Å². The Bertz CT molecular complexity index is 1080. The van der Waals surface area contributed by atoms with Gasteiger partial charge >= 0.3 is 5.97 Å². The van der Waals surface area contributed by atoms with Crippen molar-refractivity contribution >= 4 is 17.6 Å². The maximum Gasteiger partial charge on any atom is 0.305 e. The van der Waals surface area contributed by atoms with E-state index in [2.05, 4.69) is 11.0 Å². The Balaban J connectivity index is 1.44. The first-order valence-corrected chi connectivity index (χ1v) is 12.4. The van der Waals surface area contributed by atoms with Gasteiger partial charge < -0.3 is 9.64 Å². The maximum absolute atomic E-state index is 14.3. The number of halogens is 2. The van der Waals surface area contributed by atoms with Crippen LogP contribution in [0.4, 0.5) is 14.5 Å². The van der Waals surface area contributed by atoms with Crippen LogP contribution in [0.3, 0.4) is 0 Å². The van der Waals surface area contributed by atoms with E-state index in [9.17, 15) is 18.4 Å². The molecular formula is C28H32F2N2O3. The second-order valence-corrected chi connectivity index (χ2v) is 9.17. The first kappa shape index (κ1) is 25.0. The lowest BCUT2D eigenvalue weighted by Crippen LogP contribution is -2.42. The lowest BCUT2D eigenvalue weighted by molar-refractivity contribution is -0.143. The Morgan fingerprint density at radius 3 is 2.54 bits per heavy atom. The second kappa shape index (κ2) is 11.6.